The van der Waals surface area contributed by atoms with Gasteiger partial charge in [-0.3, -0.25) is 9.48 Å². The smallest absolute Gasteiger partial charge is 0.246 e. The third kappa shape index (κ3) is 7.34. The minimum atomic E-state index is -3.00. The Labute approximate surface area is 249 Å². The van der Waals surface area contributed by atoms with Gasteiger partial charge in [-0.15, -0.1) is 5.10 Å². The van der Waals surface area contributed by atoms with Crippen LogP contribution in [0.3, 0.4) is 0 Å². The van der Waals surface area contributed by atoms with Gasteiger partial charge in [0.2, 0.25) is 14.3 Å². The van der Waals surface area contributed by atoms with Crippen molar-refractivity contribution in [2.24, 2.45) is 5.92 Å². The summed E-state index contributed by atoms with van der Waals surface area (Å²) in [7, 11) is -3.00. The number of rotatable bonds is 12. The van der Waals surface area contributed by atoms with Crippen LogP contribution in [0.1, 0.15) is 55.3 Å². The van der Waals surface area contributed by atoms with E-state index >= 15 is 4.11 Å². The molecule has 5 rings (SSSR count). The molecule has 8 nitrogen and oxygen atoms in total. The van der Waals surface area contributed by atoms with Gasteiger partial charge >= 0.3 is 0 Å². The largest absolute Gasteiger partial charge is 0.395 e. The molecule has 2 aromatic carbocycles. The van der Waals surface area contributed by atoms with Crippen LogP contribution in [0.2, 0.25) is 18.6 Å². The van der Waals surface area contributed by atoms with Crippen molar-refractivity contribution in [2.75, 3.05) is 18.5 Å². The van der Waals surface area contributed by atoms with Gasteiger partial charge in [-0.25, -0.2) is 0 Å². The molecule has 10 heteroatoms. The van der Waals surface area contributed by atoms with E-state index in [1.807, 2.05) is 54.7 Å². The second-order valence-corrected chi connectivity index (χ2v) is 16.2. The number of hydrogen-bond acceptors (Lipinski definition) is 6. The summed E-state index contributed by atoms with van der Waals surface area (Å²) >= 11 is 0. The van der Waals surface area contributed by atoms with Crippen molar-refractivity contribution in [3.63, 3.8) is 0 Å². The molecule has 2 aliphatic rings. The van der Waals surface area contributed by atoms with E-state index in [1.54, 1.807) is 17.8 Å². The number of aromatic nitrogens is 3. The molecule has 1 unspecified atom stereocenters. The maximum Gasteiger partial charge on any atom is 0.246 e. The molecular formula is C32H44FN5O3Si. The van der Waals surface area contributed by atoms with Gasteiger partial charge in [0, 0.05) is 24.0 Å². The van der Waals surface area contributed by atoms with Gasteiger partial charge in [0.05, 0.1) is 36.5 Å². The Morgan fingerprint density at radius 1 is 1.19 bits per heavy atom. The molecule has 2 fully saturated rings. The van der Waals surface area contributed by atoms with E-state index in [1.165, 1.54) is 0 Å². The number of carbonyl (C=O) groups is 1. The first-order chi connectivity index (χ1) is 20.2. The van der Waals surface area contributed by atoms with Crippen molar-refractivity contribution in [1.82, 2.24) is 20.3 Å². The van der Waals surface area contributed by atoms with E-state index in [2.05, 4.69) is 33.9 Å². The predicted octanol–water partition coefficient (Wildman–Crippen LogP) is 5.06. The van der Waals surface area contributed by atoms with Gasteiger partial charge in [0.15, 0.2) is 0 Å². The Morgan fingerprint density at radius 3 is 2.71 bits per heavy atom. The third-order valence-electron chi connectivity index (χ3n) is 8.93. The van der Waals surface area contributed by atoms with E-state index in [4.69, 9.17) is 4.74 Å². The van der Waals surface area contributed by atoms with Crippen molar-refractivity contribution < 1.29 is 18.7 Å². The number of hydrogen-bond donors (Lipinski definition) is 3. The second-order valence-electron chi connectivity index (χ2n) is 12.4. The summed E-state index contributed by atoms with van der Waals surface area (Å²) in [5.74, 6) is -0.103. The SMILES string of the molecule is C[C@H]1[C@H]([Si](C)(C)F)[C@@H](CCn2cc(C(CO)c3ccccc3)nn2)O[C@H]1CCc1cccc(NC(=O)[C@H]2CCCN2)c1. The monoisotopic (exact) mass is 593 g/mol. The van der Waals surface area contributed by atoms with Gasteiger partial charge in [-0.1, -0.05) is 54.6 Å². The Morgan fingerprint density at radius 2 is 2.00 bits per heavy atom. The lowest BCUT2D eigenvalue weighted by atomic mass is 9.95. The summed E-state index contributed by atoms with van der Waals surface area (Å²) in [6, 6.07) is 17.7. The van der Waals surface area contributed by atoms with Crippen molar-refractivity contribution in [1.29, 1.82) is 0 Å². The van der Waals surface area contributed by atoms with Crippen LogP contribution in [0.4, 0.5) is 9.80 Å². The summed E-state index contributed by atoms with van der Waals surface area (Å²) in [5.41, 5.74) is 3.54. The number of carbonyl (C=O) groups excluding carboxylic acids is 1. The normalized spacial score (nSPS) is 25.0. The molecule has 3 heterocycles. The molecule has 0 bridgehead atoms. The lowest BCUT2D eigenvalue weighted by molar-refractivity contribution is -0.117. The van der Waals surface area contributed by atoms with Crippen LogP contribution in [-0.2, 0) is 22.5 Å². The van der Waals surface area contributed by atoms with Crippen LogP contribution in [0.25, 0.3) is 0 Å². The number of amides is 1. The maximum absolute atomic E-state index is 15.7. The van der Waals surface area contributed by atoms with Gasteiger partial charge < -0.3 is 24.6 Å². The average molecular weight is 594 g/mol. The minimum Gasteiger partial charge on any atom is -0.395 e. The highest BCUT2D eigenvalue weighted by atomic mass is 28.4. The number of nitrogens with one attached hydrogen (secondary N) is 2. The second kappa shape index (κ2) is 13.6. The Balaban J connectivity index is 1.19. The molecule has 0 spiro atoms. The Kier molecular flexibility index (Phi) is 9.87. The van der Waals surface area contributed by atoms with Crippen molar-refractivity contribution in [3.05, 3.63) is 77.6 Å². The number of halogens is 1. The number of benzene rings is 2. The first kappa shape index (κ1) is 30.5. The van der Waals surface area contributed by atoms with E-state index in [-0.39, 0.29) is 48.1 Å². The molecule has 6 atom stereocenters. The molecule has 226 valence electrons. The zero-order valence-electron chi connectivity index (χ0n) is 24.9. The fraction of sp³-hybridized carbons (Fsp3) is 0.531. The van der Waals surface area contributed by atoms with E-state index < -0.39 is 8.41 Å². The standard InChI is InChI=1S/C32H44FN5O3Si/c1-22-29(15-14-23-9-7-12-25(19-23)35-32(40)27-13-8-17-34-27)41-30(31(22)42(2,3)33)16-18-38-20-28(36-37-38)26(21-39)24-10-5-4-6-11-24/h4-7,9-12,19-20,22,26-27,29-31,34,39H,8,13-18,21H2,1-3H3,(H,35,40)/t22-,26?,27-,29+,30-,31+/m1/s1. The zero-order valence-corrected chi connectivity index (χ0v) is 25.9. The van der Waals surface area contributed by atoms with Gasteiger partial charge in [0.25, 0.3) is 0 Å². The first-order valence-corrected chi connectivity index (χ1v) is 18.2. The van der Waals surface area contributed by atoms with Crippen molar-refractivity contribution in [2.45, 2.75) is 88.4 Å². The number of aryl methyl sites for hydroxylation is 2. The molecule has 1 amide bonds. The fourth-order valence-corrected chi connectivity index (χ4v) is 9.39. The number of ether oxygens (including phenoxy) is 1. The molecular weight excluding hydrogens is 549 g/mol. The molecule has 3 aromatic rings. The summed E-state index contributed by atoms with van der Waals surface area (Å²) in [6.07, 6.45) is 5.80. The molecule has 1 aromatic heterocycles. The predicted molar refractivity (Wildman–Crippen MR) is 165 cm³/mol. The average Bonchev–Trinajstić information content (AvgIpc) is 3.73. The first-order valence-electron chi connectivity index (χ1n) is 15.3. The van der Waals surface area contributed by atoms with Crippen LogP contribution < -0.4 is 10.6 Å². The summed E-state index contributed by atoms with van der Waals surface area (Å²) in [6.45, 7) is 7.12. The van der Waals surface area contributed by atoms with Gasteiger partial charge in [0.1, 0.15) is 0 Å². The summed E-state index contributed by atoms with van der Waals surface area (Å²) in [5, 5.41) is 24.9. The molecule has 2 aliphatic heterocycles. The maximum atomic E-state index is 15.7. The minimum absolute atomic E-state index is 0.0182. The van der Waals surface area contributed by atoms with E-state index in [0.717, 1.165) is 54.7 Å². The lowest BCUT2D eigenvalue weighted by Gasteiger charge is -2.28. The topological polar surface area (TPSA) is 101 Å². The number of nitrogens with zero attached hydrogens (tertiary/aromatic N) is 3. The summed E-state index contributed by atoms with van der Waals surface area (Å²) in [4.78, 5) is 12.5. The highest BCUT2D eigenvalue weighted by molar-refractivity contribution is 6.72. The number of anilines is 1. The Bertz CT molecular complexity index is 1310. The van der Waals surface area contributed by atoms with E-state index in [9.17, 15) is 9.90 Å². The quantitative estimate of drug-likeness (QED) is 0.200. The summed E-state index contributed by atoms with van der Waals surface area (Å²) < 4.78 is 24.0. The molecule has 3 N–H and O–H groups in total. The van der Waals surface area contributed by atoms with Crippen LogP contribution >= 0.6 is 0 Å². The van der Waals surface area contributed by atoms with Gasteiger partial charge in [-0.05, 0) is 80.9 Å². The third-order valence-corrected chi connectivity index (χ3v) is 11.4. The number of aliphatic hydroxyl groups is 1. The van der Waals surface area contributed by atoms with Crippen LogP contribution in [0, 0.1) is 5.92 Å². The molecule has 0 aliphatic carbocycles. The van der Waals surface area contributed by atoms with Crippen molar-refractivity contribution >= 4 is 20.0 Å². The van der Waals surface area contributed by atoms with Crippen LogP contribution in [0.15, 0.2) is 60.8 Å². The van der Waals surface area contributed by atoms with E-state index in [0.29, 0.717) is 13.0 Å². The molecule has 0 saturated carbocycles. The van der Waals surface area contributed by atoms with Crippen LogP contribution in [-0.4, -0.2) is 65.8 Å². The highest BCUT2D eigenvalue weighted by Crippen LogP contribution is 2.47. The van der Waals surface area contributed by atoms with Gasteiger partial charge in [-0.2, -0.15) is 0 Å². The molecule has 42 heavy (non-hydrogen) atoms. The fourth-order valence-electron chi connectivity index (χ4n) is 6.80. The van der Waals surface area contributed by atoms with Crippen LogP contribution in [0.5, 0.6) is 0 Å². The number of aliphatic hydroxyl groups excluding tert-OH is 1. The molecule has 2 saturated heterocycles. The zero-order chi connectivity index (χ0) is 29.7. The highest BCUT2D eigenvalue weighted by Gasteiger charge is 2.50. The van der Waals surface area contributed by atoms with Crippen molar-refractivity contribution in [3.8, 4) is 0 Å². The molecule has 0 radical (unpaired) electrons. The Hall–Kier alpha value is -2.92. The lowest BCUT2D eigenvalue weighted by Crippen LogP contribution is -2.36.